The van der Waals surface area contributed by atoms with Crippen LogP contribution < -0.4 is 0 Å². The summed E-state index contributed by atoms with van der Waals surface area (Å²) in [5, 5.41) is 3.13. The standard InChI is InChI=1S/C29H16BrCl/c30-17-13-14-22-25(15-17)29(26-16-27(31)20-9-1-2-10-21(20)28(22)26)23-11-5-3-7-18(23)19-8-4-6-12-24(19)29/h1-16H. The summed E-state index contributed by atoms with van der Waals surface area (Å²) in [4.78, 5) is 0. The number of benzene rings is 5. The molecule has 0 radical (unpaired) electrons. The highest BCUT2D eigenvalue weighted by molar-refractivity contribution is 9.10. The zero-order valence-corrected chi connectivity index (χ0v) is 18.8. The van der Waals surface area contributed by atoms with Gasteiger partial charge in [0.15, 0.2) is 0 Å². The minimum atomic E-state index is -0.366. The number of fused-ring (bicyclic) bond motifs is 12. The lowest BCUT2D eigenvalue weighted by Gasteiger charge is -2.30. The molecule has 0 N–H and O–H groups in total. The third kappa shape index (κ3) is 2.06. The number of hydrogen-bond donors (Lipinski definition) is 0. The van der Waals surface area contributed by atoms with E-state index >= 15 is 0 Å². The van der Waals surface area contributed by atoms with Gasteiger partial charge >= 0.3 is 0 Å². The van der Waals surface area contributed by atoms with E-state index in [1.54, 1.807) is 0 Å². The van der Waals surface area contributed by atoms with Crippen molar-refractivity contribution in [1.82, 2.24) is 0 Å². The molecule has 31 heavy (non-hydrogen) atoms. The average molecular weight is 480 g/mol. The fraction of sp³-hybridized carbons (Fsp3) is 0.0345. The van der Waals surface area contributed by atoms with Crippen LogP contribution in [0.2, 0.25) is 5.02 Å². The summed E-state index contributed by atoms with van der Waals surface area (Å²) in [6.07, 6.45) is 0. The van der Waals surface area contributed by atoms with Gasteiger partial charge < -0.3 is 0 Å². The molecule has 0 saturated heterocycles. The van der Waals surface area contributed by atoms with Crippen LogP contribution >= 0.6 is 27.5 Å². The molecule has 0 aliphatic heterocycles. The van der Waals surface area contributed by atoms with Gasteiger partial charge in [-0.2, -0.15) is 0 Å². The van der Waals surface area contributed by atoms with Crippen molar-refractivity contribution >= 4 is 38.3 Å². The molecule has 0 nitrogen and oxygen atoms in total. The van der Waals surface area contributed by atoms with Crippen LogP contribution in [0, 0.1) is 0 Å². The molecule has 5 aromatic carbocycles. The van der Waals surface area contributed by atoms with Crippen LogP contribution in [0.3, 0.4) is 0 Å². The number of halogens is 2. The maximum Gasteiger partial charge on any atom is 0.0726 e. The minimum Gasteiger partial charge on any atom is -0.0837 e. The molecule has 2 aliphatic rings. The average Bonchev–Trinajstić information content (AvgIpc) is 3.26. The molecular weight excluding hydrogens is 464 g/mol. The minimum absolute atomic E-state index is 0.366. The monoisotopic (exact) mass is 478 g/mol. The highest BCUT2D eigenvalue weighted by Gasteiger charge is 2.52. The lowest BCUT2D eigenvalue weighted by Crippen LogP contribution is -2.25. The topological polar surface area (TPSA) is 0 Å². The van der Waals surface area contributed by atoms with Crippen molar-refractivity contribution in [1.29, 1.82) is 0 Å². The summed E-state index contributed by atoms with van der Waals surface area (Å²) < 4.78 is 1.09. The summed E-state index contributed by atoms with van der Waals surface area (Å²) in [6.45, 7) is 0. The van der Waals surface area contributed by atoms with Gasteiger partial charge in [0.05, 0.1) is 5.41 Å². The lowest BCUT2D eigenvalue weighted by molar-refractivity contribution is 0.794. The van der Waals surface area contributed by atoms with E-state index in [0.717, 1.165) is 14.9 Å². The highest BCUT2D eigenvalue weighted by atomic mass is 79.9. The Morgan fingerprint density at radius 1 is 0.548 bits per heavy atom. The second-order valence-corrected chi connectivity index (χ2v) is 9.68. The first-order valence-electron chi connectivity index (χ1n) is 10.4. The Bertz CT molecular complexity index is 1520. The van der Waals surface area contributed by atoms with E-state index in [4.69, 9.17) is 11.6 Å². The van der Waals surface area contributed by atoms with E-state index in [9.17, 15) is 0 Å². The Labute approximate surface area is 194 Å². The molecule has 5 aromatic rings. The van der Waals surface area contributed by atoms with Crippen molar-refractivity contribution in [3.05, 3.63) is 129 Å². The van der Waals surface area contributed by atoms with Crippen LogP contribution in [0.25, 0.3) is 33.0 Å². The first kappa shape index (κ1) is 17.8. The van der Waals surface area contributed by atoms with Crippen LogP contribution in [0.15, 0.2) is 102 Å². The van der Waals surface area contributed by atoms with Crippen molar-refractivity contribution < 1.29 is 0 Å². The van der Waals surface area contributed by atoms with Gasteiger partial charge in [-0.05, 0) is 68.1 Å². The van der Waals surface area contributed by atoms with Crippen LogP contribution in [0.1, 0.15) is 22.3 Å². The summed E-state index contributed by atoms with van der Waals surface area (Å²) in [5.74, 6) is 0. The molecular formula is C29H16BrCl. The first-order chi connectivity index (χ1) is 15.2. The molecule has 146 valence electrons. The molecule has 0 aromatic heterocycles. The Balaban J connectivity index is 1.77. The van der Waals surface area contributed by atoms with Crippen LogP contribution in [-0.4, -0.2) is 0 Å². The zero-order chi connectivity index (χ0) is 20.7. The Hall–Kier alpha value is -2.87. The van der Waals surface area contributed by atoms with Gasteiger partial charge in [0.25, 0.3) is 0 Å². The van der Waals surface area contributed by atoms with Crippen LogP contribution in [-0.2, 0) is 5.41 Å². The van der Waals surface area contributed by atoms with Crippen LogP contribution in [0.5, 0.6) is 0 Å². The smallest absolute Gasteiger partial charge is 0.0726 e. The van der Waals surface area contributed by atoms with Gasteiger partial charge in [-0.1, -0.05) is 106 Å². The molecule has 0 amide bonds. The van der Waals surface area contributed by atoms with Crippen molar-refractivity contribution in [3.63, 3.8) is 0 Å². The van der Waals surface area contributed by atoms with E-state index in [1.165, 1.54) is 49.9 Å². The molecule has 7 rings (SSSR count). The van der Waals surface area contributed by atoms with Crippen molar-refractivity contribution in [2.24, 2.45) is 0 Å². The normalized spacial score (nSPS) is 14.4. The summed E-state index contributed by atoms with van der Waals surface area (Å²) in [6, 6.07) is 35.1. The van der Waals surface area contributed by atoms with Gasteiger partial charge in [0.2, 0.25) is 0 Å². The Morgan fingerprint density at radius 2 is 1.16 bits per heavy atom. The quantitative estimate of drug-likeness (QED) is 0.204. The fourth-order valence-electron chi connectivity index (χ4n) is 5.92. The first-order valence-corrected chi connectivity index (χ1v) is 11.6. The van der Waals surface area contributed by atoms with E-state index in [2.05, 4.69) is 113 Å². The molecule has 2 aliphatic carbocycles. The third-order valence-corrected chi connectivity index (χ3v) is 7.81. The van der Waals surface area contributed by atoms with E-state index in [-0.39, 0.29) is 5.41 Å². The predicted octanol–water partition coefficient (Wildman–Crippen LogP) is 8.60. The van der Waals surface area contributed by atoms with Crippen molar-refractivity contribution in [2.45, 2.75) is 5.41 Å². The van der Waals surface area contributed by atoms with Crippen LogP contribution in [0.4, 0.5) is 0 Å². The van der Waals surface area contributed by atoms with E-state index in [1.807, 2.05) is 0 Å². The maximum atomic E-state index is 6.92. The van der Waals surface area contributed by atoms with Gasteiger partial charge in [-0.3, -0.25) is 0 Å². The zero-order valence-electron chi connectivity index (χ0n) is 16.5. The Morgan fingerprint density at radius 3 is 1.87 bits per heavy atom. The fourth-order valence-corrected chi connectivity index (χ4v) is 6.56. The third-order valence-electron chi connectivity index (χ3n) is 7.01. The second kappa shape index (κ2) is 6.09. The second-order valence-electron chi connectivity index (χ2n) is 8.36. The molecule has 1 spiro atoms. The van der Waals surface area contributed by atoms with Gasteiger partial charge in [0.1, 0.15) is 0 Å². The van der Waals surface area contributed by atoms with Gasteiger partial charge in [-0.15, -0.1) is 0 Å². The SMILES string of the molecule is Clc1cc2c(c3ccccc13)-c1ccc(Br)cc1C21c2ccccc2-c2ccccc21. The maximum absolute atomic E-state index is 6.92. The molecule has 0 unspecified atom stereocenters. The Kier molecular flexibility index (Phi) is 3.49. The lowest BCUT2D eigenvalue weighted by atomic mass is 9.70. The highest BCUT2D eigenvalue weighted by Crippen LogP contribution is 2.64. The summed E-state index contributed by atoms with van der Waals surface area (Å²) in [7, 11) is 0. The van der Waals surface area contributed by atoms with Crippen molar-refractivity contribution in [3.8, 4) is 22.3 Å². The van der Waals surface area contributed by atoms with E-state index < -0.39 is 0 Å². The summed E-state index contributed by atoms with van der Waals surface area (Å²) >= 11 is 10.7. The molecule has 0 fully saturated rings. The van der Waals surface area contributed by atoms with Crippen molar-refractivity contribution in [2.75, 3.05) is 0 Å². The van der Waals surface area contributed by atoms with E-state index in [0.29, 0.717) is 0 Å². The molecule has 2 heteroatoms. The predicted molar refractivity (Wildman–Crippen MR) is 133 cm³/mol. The van der Waals surface area contributed by atoms with Gasteiger partial charge in [-0.25, -0.2) is 0 Å². The summed E-state index contributed by atoms with van der Waals surface area (Å²) in [5.41, 5.74) is 10.1. The molecule has 0 saturated carbocycles. The van der Waals surface area contributed by atoms with Gasteiger partial charge in [0, 0.05) is 14.9 Å². The molecule has 0 atom stereocenters. The number of hydrogen-bond acceptors (Lipinski definition) is 0. The largest absolute Gasteiger partial charge is 0.0837 e. The molecule has 0 bridgehead atoms. The number of rotatable bonds is 0. The molecule has 0 heterocycles.